The fourth-order valence-electron chi connectivity index (χ4n) is 7.34. The zero-order valence-corrected chi connectivity index (χ0v) is 32.5. The van der Waals surface area contributed by atoms with Gasteiger partial charge in [-0.3, -0.25) is 54.0 Å². The number of imide groups is 2. The number of nitrogens with one attached hydrogen (secondary N) is 6. The predicted molar refractivity (Wildman–Crippen MR) is 205 cm³/mol. The molecule has 0 saturated carbocycles. The number of hydrazine groups is 1. The Bertz CT molecular complexity index is 1920. The Morgan fingerprint density at radius 2 is 1.58 bits per heavy atom. The number of halogens is 2. The minimum absolute atomic E-state index is 0.00318. The van der Waals surface area contributed by atoms with E-state index in [9.17, 15) is 38.4 Å². The molecule has 304 valence electrons. The molecule has 2 aromatic rings. The van der Waals surface area contributed by atoms with E-state index in [0.29, 0.717) is 58.3 Å². The van der Waals surface area contributed by atoms with Crippen LogP contribution in [-0.2, 0) is 24.0 Å². The van der Waals surface area contributed by atoms with Crippen LogP contribution in [0.2, 0.25) is 10.0 Å². The quantitative estimate of drug-likeness (QED) is 0.111. The SMILES string of the molecule is O=C(COc1cccc2c1C(=O)N(C1CCC(=O)NC1=O)C2=O)NCCCCCCC(=O)N1CCC(NC(=O)C2NNCC2NC(=O)c2c(Cl)cccc2Cl)CC1. The Balaban J connectivity index is 0.830. The van der Waals surface area contributed by atoms with Crippen molar-refractivity contribution in [3.05, 3.63) is 63.1 Å². The molecule has 4 aliphatic rings. The summed E-state index contributed by atoms with van der Waals surface area (Å²) in [7, 11) is 0. The summed E-state index contributed by atoms with van der Waals surface area (Å²) in [6.07, 6.45) is 4.61. The van der Waals surface area contributed by atoms with Crippen LogP contribution in [0.25, 0.3) is 0 Å². The Labute approximate surface area is 338 Å². The van der Waals surface area contributed by atoms with Crippen LogP contribution in [0.3, 0.4) is 0 Å². The molecule has 6 N–H and O–H groups in total. The molecule has 0 aromatic heterocycles. The van der Waals surface area contributed by atoms with Crippen LogP contribution in [0.5, 0.6) is 5.75 Å². The Kier molecular flexibility index (Phi) is 13.8. The Morgan fingerprint density at radius 3 is 2.32 bits per heavy atom. The van der Waals surface area contributed by atoms with Crippen LogP contribution in [0.1, 0.15) is 88.9 Å². The van der Waals surface area contributed by atoms with Crippen molar-refractivity contribution in [3.8, 4) is 5.75 Å². The van der Waals surface area contributed by atoms with Crippen LogP contribution in [0.15, 0.2) is 36.4 Å². The lowest BCUT2D eigenvalue weighted by Gasteiger charge is -2.33. The van der Waals surface area contributed by atoms with Crippen LogP contribution < -0.4 is 36.9 Å². The van der Waals surface area contributed by atoms with Crippen molar-refractivity contribution >= 4 is 70.5 Å². The highest BCUT2D eigenvalue weighted by atomic mass is 35.5. The van der Waals surface area contributed by atoms with E-state index in [4.69, 9.17) is 27.9 Å². The van der Waals surface area contributed by atoms with Crippen LogP contribution >= 0.6 is 23.2 Å². The van der Waals surface area contributed by atoms with E-state index in [1.165, 1.54) is 18.2 Å². The maximum Gasteiger partial charge on any atom is 0.266 e. The average molecular weight is 828 g/mol. The average Bonchev–Trinajstić information content (AvgIpc) is 3.75. The minimum atomic E-state index is -1.11. The number of amides is 8. The molecule has 0 bridgehead atoms. The summed E-state index contributed by atoms with van der Waals surface area (Å²) in [6, 6.07) is 6.74. The highest BCUT2D eigenvalue weighted by Crippen LogP contribution is 2.33. The first-order valence-electron chi connectivity index (χ1n) is 19.0. The second kappa shape index (κ2) is 18.9. The molecule has 57 heavy (non-hydrogen) atoms. The van der Waals surface area contributed by atoms with Crippen LogP contribution in [-0.4, -0.2) is 114 Å². The van der Waals surface area contributed by atoms with Crippen molar-refractivity contribution in [2.45, 2.75) is 82.0 Å². The largest absolute Gasteiger partial charge is 0.483 e. The third-order valence-corrected chi connectivity index (χ3v) is 11.0. The lowest BCUT2D eigenvalue weighted by Crippen LogP contribution is -2.56. The van der Waals surface area contributed by atoms with Crippen LogP contribution in [0, 0.1) is 0 Å². The first kappa shape index (κ1) is 41.5. The number of likely N-dealkylation sites (tertiary alicyclic amines) is 1. The number of unbranched alkanes of at least 4 members (excludes halogenated alkanes) is 3. The lowest BCUT2D eigenvalue weighted by atomic mass is 10.0. The summed E-state index contributed by atoms with van der Waals surface area (Å²) in [5.74, 6) is -3.62. The highest BCUT2D eigenvalue weighted by Gasteiger charge is 2.46. The second-order valence-electron chi connectivity index (χ2n) is 14.3. The van der Waals surface area contributed by atoms with Crippen molar-refractivity contribution in [2.75, 3.05) is 32.8 Å². The molecule has 0 aliphatic carbocycles. The molecule has 8 amide bonds. The van der Waals surface area contributed by atoms with Crippen molar-refractivity contribution in [1.29, 1.82) is 0 Å². The molecule has 3 fully saturated rings. The number of hydrogen-bond acceptors (Lipinski definition) is 11. The van der Waals surface area contributed by atoms with Crippen molar-refractivity contribution in [1.82, 2.24) is 41.9 Å². The number of carbonyl (C=O) groups is 8. The third kappa shape index (κ3) is 9.90. The summed E-state index contributed by atoms with van der Waals surface area (Å²) < 4.78 is 5.62. The number of nitrogens with zero attached hydrogens (tertiary/aromatic N) is 2. The molecule has 3 unspecified atom stereocenters. The summed E-state index contributed by atoms with van der Waals surface area (Å²) in [4.78, 5) is 104. The topological polar surface area (TPSA) is 224 Å². The van der Waals surface area contributed by atoms with Gasteiger partial charge in [-0.2, -0.15) is 0 Å². The van der Waals surface area contributed by atoms with Crippen LogP contribution in [0.4, 0.5) is 0 Å². The van der Waals surface area contributed by atoms with E-state index in [1.54, 1.807) is 18.2 Å². The van der Waals surface area contributed by atoms with Gasteiger partial charge in [0, 0.05) is 45.1 Å². The van der Waals surface area contributed by atoms with Gasteiger partial charge >= 0.3 is 0 Å². The predicted octanol–water partition coefficient (Wildman–Crippen LogP) is 1.22. The zero-order chi connectivity index (χ0) is 40.6. The van der Waals surface area contributed by atoms with E-state index in [0.717, 1.165) is 17.7 Å². The van der Waals surface area contributed by atoms with Gasteiger partial charge in [0.25, 0.3) is 23.6 Å². The van der Waals surface area contributed by atoms with Gasteiger partial charge in [-0.05, 0) is 56.4 Å². The van der Waals surface area contributed by atoms with E-state index in [2.05, 4.69) is 32.1 Å². The highest BCUT2D eigenvalue weighted by molar-refractivity contribution is 6.39. The number of rotatable bonds is 15. The molecule has 3 saturated heterocycles. The monoisotopic (exact) mass is 826 g/mol. The van der Waals surface area contributed by atoms with Gasteiger partial charge < -0.3 is 25.6 Å². The van der Waals surface area contributed by atoms with Crippen molar-refractivity contribution < 1.29 is 43.1 Å². The molecule has 19 heteroatoms. The molecular weight excluding hydrogens is 783 g/mol. The molecule has 17 nitrogen and oxygen atoms in total. The molecular formula is C38H44Cl2N8O9. The normalized spacial score (nSPS) is 20.9. The fourth-order valence-corrected chi connectivity index (χ4v) is 7.91. The van der Waals surface area contributed by atoms with Gasteiger partial charge in [0.1, 0.15) is 17.8 Å². The smallest absolute Gasteiger partial charge is 0.266 e. The van der Waals surface area contributed by atoms with Gasteiger partial charge in [0.2, 0.25) is 23.6 Å². The molecule has 6 rings (SSSR count). The van der Waals surface area contributed by atoms with Crippen molar-refractivity contribution in [3.63, 3.8) is 0 Å². The second-order valence-corrected chi connectivity index (χ2v) is 15.1. The number of carbonyl (C=O) groups excluding carboxylic acids is 8. The summed E-state index contributed by atoms with van der Waals surface area (Å²) in [6.45, 7) is 1.36. The number of benzene rings is 2. The van der Waals surface area contributed by atoms with E-state index >= 15 is 0 Å². The molecule has 4 heterocycles. The molecule has 2 aromatic carbocycles. The third-order valence-electron chi connectivity index (χ3n) is 10.4. The van der Waals surface area contributed by atoms with Gasteiger partial charge in [-0.1, -0.05) is 48.2 Å². The van der Waals surface area contributed by atoms with Gasteiger partial charge in [0.05, 0.1) is 32.8 Å². The molecule has 0 radical (unpaired) electrons. The molecule has 0 spiro atoms. The molecule has 3 atom stereocenters. The van der Waals surface area contributed by atoms with Gasteiger partial charge in [-0.25, -0.2) is 5.43 Å². The van der Waals surface area contributed by atoms with Gasteiger partial charge in [-0.15, -0.1) is 0 Å². The van der Waals surface area contributed by atoms with Crippen molar-refractivity contribution in [2.24, 2.45) is 0 Å². The first-order valence-corrected chi connectivity index (χ1v) is 19.7. The number of ether oxygens (including phenoxy) is 1. The maximum atomic E-state index is 13.2. The fraction of sp³-hybridized carbons (Fsp3) is 0.474. The number of fused-ring (bicyclic) bond motifs is 1. The summed E-state index contributed by atoms with van der Waals surface area (Å²) in [5, 5.41) is 11.2. The zero-order valence-electron chi connectivity index (χ0n) is 31.0. The van der Waals surface area contributed by atoms with Gasteiger partial charge in [0.15, 0.2) is 6.61 Å². The lowest BCUT2D eigenvalue weighted by molar-refractivity contribution is -0.136. The number of hydrogen-bond donors (Lipinski definition) is 6. The Hall–Kier alpha value is -5.10. The minimum Gasteiger partial charge on any atom is -0.483 e. The number of piperidine rings is 2. The Morgan fingerprint density at radius 1 is 0.860 bits per heavy atom. The standard InChI is InChI=1S/C38H44Cl2N8O9/c39-23-8-6-9-24(40)32(23)35(53)44-25-19-42-46-33(25)36(54)43-21-14-17-47(18-15-21)30(51)11-3-1-2-4-16-41-29(50)20-57-27-10-5-7-22-31(27)38(56)48(37(22)55)26-12-13-28(49)45-34(26)52/h5-10,21,25-26,33,42,46H,1-4,11-20H2,(H,41,50)(H,43,54)(H,44,53)(H,45,49,52). The van der Waals surface area contributed by atoms with E-state index in [1.807, 2.05) is 4.90 Å². The molecule has 4 aliphatic heterocycles. The van der Waals surface area contributed by atoms with E-state index < -0.39 is 60.2 Å². The summed E-state index contributed by atoms with van der Waals surface area (Å²) >= 11 is 12.3. The maximum absolute atomic E-state index is 13.2. The first-order chi connectivity index (χ1) is 27.4. The van der Waals surface area contributed by atoms with E-state index in [-0.39, 0.29) is 63.2 Å². The summed E-state index contributed by atoms with van der Waals surface area (Å²) in [5.41, 5.74) is 6.02.